The summed E-state index contributed by atoms with van der Waals surface area (Å²) in [5, 5.41) is 0.647. The number of amides is 1. The lowest BCUT2D eigenvalue weighted by Gasteiger charge is -2.22. The van der Waals surface area contributed by atoms with Crippen molar-refractivity contribution >= 4 is 23.2 Å². The van der Waals surface area contributed by atoms with E-state index in [2.05, 4.69) is 0 Å². The zero-order chi connectivity index (χ0) is 13.7. The zero-order valence-electron chi connectivity index (χ0n) is 10.4. The molecule has 2 rings (SSSR count). The molecule has 0 heterocycles. The molecule has 0 bridgehead atoms. The molecule has 2 aromatic carbocycles. The highest BCUT2D eigenvalue weighted by Crippen LogP contribution is 2.21. The van der Waals surface area contributed by atoms with Gasteiger partial charge >= 0.3 is 0 Å². The summed E-state index contributed by atoms with van der Waals surface area (Å²) in [5.41, 5.74) is 7.19. The number of rotatable bonds is 4. The molecule has 0 aliphatic rings. The Morgan fingerprint density at radius 3 is 2.32 bits per heavy atom. The lowest BCUT2D eigenvalue weighted by atomic mass is 10.2. The monoisotopic (exact) mass is 274 g/mol. The molecular formula is C15H15ClN2O. The standard InChI is InChI=1S/C15H15ClN2O/c16-14-9-5-4-6-12(14)11-18(15(19)10-17)13-7-2-1-3-8-13/h1-9H,10-11,17H2. The van der Waals surface area contributed by atoms with Crippen molar-refractivity contribution in [1.29, 1.82) is 0 Å². The lowest BCUT2D eigenvalue weighted by molar-refractivity contribution is -0.117. The molecule has 0 atom stereocenters. The first-order valence-corrected chi connectivity index (χ1v) is 6.39. The van der Waals surface area contributed by atoms with Crippen LogP contribution in [-0.2, 0) is 11.3 Å². The molecule has 0 fully saturated rings. The first kappa shape index (κ1) is 13.6. The second-order valence-corrected chi connectivity index (χ2v) is 4.52. The Labute approximate surface area is 117 Å². The molecule has 19 heavy (non-hydrogen) atoms. The van der Waals surface area contributed by atoms with E-state index in [1.807, 2.05) is 54.6 Å². The minimum atomic E-state index is -0.133. The summed E-state index contributed by atoms with van der Waals surface area (Å²) in [5.74, 6) is -0.133. The summed E-state index contributed by atoms with van der Waals surface area (Å²) in [6, 6.07) is 16.9. The Kier molecular flexibility index (Phi) is 4.55. The fourth-order valence-corrected chi connectivity index (χ4v) is 2.03. The number of carbonyl (C=O) groups excluding carboxylic acids is 1. The number of nitrogens with zero attached hydrogens (tertiary/aromatic N) is 1. The van der Waals surface area contributed by atoms with Crippen LogP contribution in [0.4, 0.5) is 5.69 Å². The van der Waals surface area contributed by atoms with E-state index in [0.717, 1.165) is 11.3 Å². The van der Waals surface area contributed by atoms with E-state index in [0.29, 0.717) is 11.6 Å². The molecule has 2 N–H and O–H groups in total. The number of hydrogen-bond acceptors (Lipinski definition) is 2. The van der Waals surface area contributed by atoms with Crippen LogP contribution in [0.5, 0.6) is 0 Å². The van der Waals surface area contributed by atoms with Gasteiger partial charge in [0.15, 0.2) is 0 Å². The van der Waals surface area contributed by atoms with Crippen LogP contribution in [0.2, 0.25) is 5.02 Å². The van der Waals surface area contributed by atoms with E-state index in [4.69, 9.17) is 17.3 Å². The van der Waals surface area contributed by atoms with Gasteiger partial charge in [0.05, 0.1) is 13.1 Å². The maximum absolute atomic E-state index is 12.0. The minimum absolute atomic E-state index is 0.0284. The third-order valence-electron chi connectivity index (χ3n) is 2.83. The predicted octanol–water partition coefficient (Wildman–Crippen LogP) is 2.83. The number of carbonyl (C=O) groups is 1. The summed E-state index contributed by atoms with van der Waals surface area (Å²) >= 11 is 6.13. The van der Waals surface area contributed by atoms with Crippen LogP contribution < -0.4 is 10.6 Å². The van der Waals surface area contributed by atoms with E-state index < -0.39 is 0 Å². The highest BCUT2D eigenvalue weighted by atomic mass is 35.5. The van der Waals surface area contributed by atoms with Gasteiger partial charge in [-0.3, -0.25) is 4.79 Å². The average Bonchev–Trinajstić information content (AvgIpc) is 2.46. The molecule has 0 radical (unpaired) electrons. The largest absolute Gasteiger partial charge is 0.322 e. The Hall–Kier alpha value is -1.84. The van der Waals surface area contributed by atoms with E-state index in [9.17, 15) is 4.79 Å². The summed E-state index contributed by atoms with van der Waals surface area (Å²) in [6.07, 6.45) is 0. The smallest absolute Gasteiger partial charge is 0.241 e. The maximum Gasteiger partial charge on any atom is 0.241 e. The van der Waals surface area contributed by atoms with Gasteiger partial charge in [0.2, 0.25) is 5.91 Å². The lowest BCUT2D eigenvalue weighted by Crippen LogP contribution is -2.35. The van der Waals surface area contributed by atoms with Gasteiger partial charge in [0, 0.05) is 10.7 Å². The van der Waals surface area contributed by atoms with Crippen molar-refractivity contribution in [3.05, 3.63) is 65.2 Å². The molecule has 1 amide bonds. The van der Waals surface area contributed by atoms with Gasteiger partial charge in [-0.2, -0.15) is 0 Å². The second kappa shape index (κ2) is 6.36. The number of benzene rings is 2. The van der Waals surface area contributed by atoms with Crippen molar-refractivity contribution in [3.63, 3.8) is 0 Å². The molecule has 0 aliphatic heterocycles. The highest BCUT2D eigenvalue weighted by Gasteiger charge is 2.15. The number of hydrogen-bond donors (Lipinski definition) is 1. The van der Waals surface area contributed by atoms with Crippen molar-refractivity contribution in [3.8, 4) is 0 Å². The molecule has 0 aromatic heterocycles. The van der Waals surface area contributed by atoms with Gasteiger partial charge < -0.3 is 10.6 Å². The molecule has 0 saturated heterocycles. The summed E-state index contributed by atoms with van der Waals surface area (Å²) in [6.45, 7) is 0.388. The molecular weight excluding hydrogens is 260 g/mol. The number of nitrogens with two attached hydrogens (primary N) is 1. The second-order valence-electron chi connectivity index (χ2n) is 4.11. The number of halogens is 1. The van der Waals surface area contributed by atoms with Crippen LogP contribution in [0.15, 0.2) is 54.6 Å². The molecule has 0 unspecified atom stereocenters. The fourth-order valence-electron chi connectivity index (χ4n) is 1.84. The molecule has 0 saturated carbocycles. The van der Waals surface area contributed by atoms with E-state index in [-0.39, 0.29) is 12.5 Å². The van der Waals surface area contributed by atoms with Gasteiger partial charge in [0.1, 0.15) is 0 Å². The number of anilines is 1. The highest BCUT2D eigenvalue weighted by molar-refractivity contribution is 6.31. The van der Waals surface area contributed by atoms with Gasteiger partial charge in [-0.1, -0.05) is 48.0 Å². The third kappa shape index (κ3) is 3.34. The van der Waals surface area contributed by atoms with Crippen molar-refractivity contribution in [2.45, 2.75) is 6.54 Å². The van der Waals surface area contributed by atoms with E-state index in [1.54, 1.807) is 4.90 Å². The maximum atomic E-state index is 12.0. The van der Waals surface area contributed by atoms with Crippen LogP contribution in [0.25, 0.3) is 0 Å². The molecule has 0 spiro atoms. The van der Waals surface area contributed by atoms with Gasteiger partial charge in [0.25, 0.3) is 0 Å². The Balaban J connectivity index is 2.30. The van der Waals surface area contributed by atoms with Crippen LogP contribution >= 0.6 is 11.6 Å². The minimum Gasteiger partial charge on any atom is -0.322 e. The first-order chi connectivity index (χ1) is 9.22. The van der Waals surface area contributed by atoms with Crippen molar-refractivity contribution in [1.82, 2.24) is 0 Å². The summed E-state index contributed by atoms with van der Waals surface area (Å²) in [7, 11) is 0. The molecule has 2 aromatic rings. The van der Waals surface area contributed by atoms with Crippen LogP contribution in [0.3, 0.4) is 0 Å². The summed E-state index contributed by atoms with van der Waals surface area (Å²) in [4.78, 5) is 13.6. The average molecular weight is 275 g/mol. The van der Waals surface area contributed by atoms with Crippen molar-refractivity contribution in [2.75, 3.05) is 11.4 Å². The van der Waals surface area contributed by atoms with E-state index >= 15 is 0 Å². The Morgan fingerprint density at radius 2 is 1.68 bits per heavy atom. The quantitative estimate of drug-likeness (QED) is 0.932. The van der Waals surface area contributed by atoms with Crippen LogP contribution in [0.1, 0.15) is 5.56 Å². The number of para-hydroxylation sites is 1. The van der Waals surface area contributed by atoms with Gasteiger partial charge in [-0.25, -0.2) is 0 Å². The normalized spacial score (nSPS) is 10.2. The fraction of sp³-hybridized carbons (Fsp3) is 0.133. The van der Waals surface area contributed by atoms with Crippen LogP contribution in [0, 0.1) is 0 Å². The third-order valence-corrected chi connectivity index (χ3v) is 3.20. The summed E-state index contributed by atoms with van der Waals surface area (Å²) < 4.78 is 0. The molecule has 4 heteroatoms. The van der Waals surface area contributed by atoms with Crippen molar-refractivity contribution in [2.24, 2.45) is 5.73 Å². The Bertz CT molecular complexity index is 557. The SMILES string of the molecule is NCC(=O)N(Cc1ccccc1Cl)c1ccccc1. The first-order valence-electron chi connectivity index (χ1n) is 6.01. The van der Waals surface area contributed by atoms with Crippen LogP contribution in [-0.4, -0.2) is 12.5 Å². The molecule has 98 valence electrons. The zero-order valence-corrected chi connectivity index (χ0v) is 11.2. The topological polar surface area (TPSA) is 46.3 Å². The van der Waals surface area contributed by atoms with Gasteiger partial charge in [-0.15, -0.1) is 0 Å². The predicted molar refractivity (Wildman–Crippen MR) is 78.1 cm³/mol. The Morgan fingerprint density at radius 1 is 1.05 bits per heavy atom. The van der Waals surface area contributed by atoms with Gasteiger partial charge in [-0.05, 0) is 23.8 Å². The van der Waals surface area contributed by atoms with E-state index in [1.165, 1.54) is 0 Å². The van der Waals surface area contributed by atoms with Crippen molar-refractivity contribution < 1.29 is 4.79 Å². The molecule has 3 nitrogen and oxygen atoms in total. The molecule has 0 aliphatic carbocycles.